The Morgan fingerprint density at radius 3 is 0.892 bits per heavy atom. The maximum Gasteiger partial charge on any atom is 0.250 e. The van der Waals surface area contributed by atoms with Gasteiger partial charge in [-0.1, -0.05) is 148 Å². The van der Waals surface area contributed by atoms with E-state index in [1.165, 1.54) is 152 Å². The van der Waals surface area contributed by atoms with Crippen LogP contribution in [0.4, 0.5) is 17.1 Å². The Labute approximate surface area is 791 Å². The van der Waals surface area contributed by atoms with Crippen molar-refractivity contribution in [2.75, 3.05) is 160 Å². The zero-order chi connectivity index (χ0) is 91.5. The molecular weight excluding hydrogens is 1640 g/mol. The highest BCUT2D eigenvalue weighted by molar-refractivity contribution is 6.17. The predicted molar refractivity (Wildman–Crippen MR) is 531 cm³/mol. The molecule has 21 heteroatoms. The molecule has 6 bridgehead atoms. The number of hydrogen-bond donors (Lipinski definition) is 6. The van der Waals surface area contributed by atoms with Crippen LogP contribution in [0.15, 0.2) is 91.0 Å². The lowest BCUT2D eigenvalue weighted by molar-refractivity contribution is -0.134. The molecule has 6 aliphatic heterocycles. The van der Waals surface area contributed by atoms with E-state index in [1.54, 1.807) is 0 Å². The van der Waals surface area contributed by atoms with Crippen LogP contribution in [0.25, 0.3) is 0 Å². The monoisotopic (exact) mass is 1820 g/mol. The van der Waals surface area contributed by atoms with E-state index < -0.39 is 11.1 Å². The molecule has 6 saturated heterocycles. The normalized spacial score (nSPS) is 33.4. The van der Waals surface area contributed by atoms with Gasteiger partial charge in [0.05, 0.1) is 44.4 Å². The number of hydrogen-bond acceptors (Lipinski definition) is 17. The standard InChI is InChI=1S/2C34H54N4O2.C27H40ClN3O.2C7H15NO/c2*1-33(2)27-15-14-26(29(33)24-27)16-21-36-22-17-34(18-23-36)32(40)37(25-38(34)28-10-5-4-6-11-28)20-9-19-35(3)30-12-7-8-13-31(30)39;1-26(2)22-10-9-21(24(26)19-22)11-16-29-17-12-27(13-18-29)25(32)30(15-6-14-28)20-31(27)23-7-4-3-5-8-23;2*1-8-6-4-2-3-5-7(6)9/h2*4-6,10-11,26-27,29-31,39H,7-9,12-25H2,1-3H3;3-5,7-8,21-22,24H,6,9-20H2,1-2H3;2*6-9H,2-5H2,1H3/t26?,27?,29?,30?,31-;26?,27?,29?,30-,31?;;6?,7-;6-,7?/m10.10/s1. The predicted octanol–water partition coefficient (Wildman–Crippen LogP) is 16.7. The largest absolute Gasteiger partial charge is 0.392 e. The molecule has 3 amide bonds. The summed E-state index contributed by atoms with van der Waals surface area (Å²) in [5.74, 6) is 10.0. The Kier molecular flexibility index (Phi) is 34.4. The summed E-state index contributed by atoms with van der Waals surface area (Å²) in [5.41, 5.74) is 4.05. The van der Waals surface area contributed by atoms with Gasteiger partial charge in [-0.15, -0.1) is 11.6 Å². The maximum atomic E-state index is 14.1. The number of para-hydroxylation sites is 3. The molecule has 3 spiro atoms. The van der Waals surface area contributed by atoms with Crippen LogP contribution in [-0.4, -0.2) is 288 Å². The topological polar surface area (TPSA) is 192 Å². The van der Waals surface area contributed by atoms with Gasteiger partial charge in [0, 0.05) is 106 Å². The first kappa shape index (κ1) is 99.8. The molecule has 728 valence electrons. The molecular formula is C109H178ClN13O7. The molecule has 22 rings (SSSR count). The summed E-state index contributed by atoms with van der Waals surface area (Å²) in [6.45, 7) is 31.1. The lowest BCUT2D eigenvalue weighted by atomic mass is 9.45. The van der Waals surface area contributed by atoms with Gasteiger partial charge >= 0.3 is 0 Å². The Morgan fingerprint density at radius 2 is 0.638 bits per heavy atom. The van der Waals surface area contributed by atoms with E-state index in [0.29, 0.717) is 71.9 Å². The highest BCUT2D eigenvalue weighted by Gasteiger charge is 2.60. The van der Waals surface area contributed by atoms with Gasteiger partial charge in [0.2, 0.25) is 17.7 Å². The molecule has 13 aliphatic carbocycles. The smallest absolute Gasteiger partial charge is 0.250 e. The highest BCUT2D eigenvalue weighted by Crippen LogP contribution is 2.65. The number of rotatable bonds is 27. The fourth-order valence-corrected chi connectivity index (χ4v) is 29.4. The molecule has 13 unspecified atom stereocenters. The van der Waals surface area contributed by atoms with E-state index in [2.05, 4.69) is 206 Å². The first-order chi connectivity index (χ1) is 62.7. The van der Waals surface area contributed by atoms with Crippen molar-refractivity contribution in [1.29, 1.82) is 0 Å². The van der Waals surface area contributed by atoms with Gasteiger partial charge < -0.3 is 85.0 Å². The summed E-state index contributed by atoms with van der Waals surface area (Å²) < 4.78 is 0. The quantitative estimate of drug-likeness (QED) is 0.0395. The fraction of sp³-hybridized carbons (Fsp3) is 0.807. The van der Waals surface area contributed by atoms with Gasteiger partial charge in [-0.2, -0.15) is 0 Å². The molecule has 0 aromatic heterocycles. The maximum absolute atomic E-state index is 14.1. The van der Waals surface area contributed by atoms with Crippen molar-refractivity contribution in [2.24, 2.45) is 69.5 Å². The Bertz CT molecular complexity index is 3780. The molecule has 19 fully saturated rings. The average Bonchev–Trinajstić information content (AvgIpc) is 1.15. The number of carbonyl (C=O) groups is 3. The van der Waals surface area contributed by atoms with E-state index >= 15 is 0 Å². The summed E-state index contributed by atoms with van der Waals surface area (Å²) in [6.07, 6.45) is 42.6. The van der Waals surface area contributed by atoms with Gasteiger partial charge in [0.15, 0.2) is 0 Å². The van der Waals surface area contributed by atoms with Crippen LogP contribution in [0.3, 0.4) is 0 Å². The zero-order valence-electron chi connectivity index (χ0n) is 82.7. The third kappa shape index (κ3) is 22.0. The Morgan fingerprint density at radius 1 is 0.362 bits per heavy atom. The van der Waals surface area contributed by atoms with Crippen LogP contribution in [0, 0.1) is 69.5 Å². The number of anilines is 3. The number of carbonyl (C=O) groups excluding carboxylic acids is 3. The van der Waals surface area contributed by atoms with Crippen LogP contribution >= 0.6 is 11.6 Å². The van der Waals surface area contributed by atoms with Crippen LogP contribution in [-0.2, 0) is 14.4 Å². The lowest BCUT2D eigenvalue weighted by Gasteiger charge is -2.60. The van der Waals surface area contributed by atoms with Gasteiger partial charge in [-0.3, -0.25) is 14.4 Å². The average molecular weight is 1820 g/mol. The van der Waals surface area contributed by atoms with E-state index in [9.17, 15) is 34.8 Å². The van der Waals surface area contributed by atoms with Crippen LogP contribution in [0.2, 0.25) is 0 Å². The van der Waals surface area contributed by atoms with Crippen molar-refractivity contribution in [3.63, 3.8) is 0 Å². The van der Waals surface area contributed by atoms with Crippen molar-refractivity contribution >= 4 is 46.4 Å². The SMILES string of the molecule is CC1(C)C2CCC(CCN3CCC4(CC3)C(=O)N(CCCCl)CN4c3ccccc3)C1C2.CN(CCCN1CN(c2ccccc2)C2(CCN(CCC3CCC4CC3C4(C)C)CC2)C1=O)C1CCCC[C@H]1O.CN(CCCN1CN(c2ccccc2)C2(CCN(CCC3CCC4CC3C4(C)C)CC2)C1=O)[C@H]1CCCCC1O.CNC1CCCC[C@H]1O.CN[C@H]1CCCCC1O. The number of likely N-dealkylation sites (tertiary alicyclic amines) is 3. The van der Waals surface area contributed by atoms with Crippen LogP contribution in [0.5, 0.6) is 0 Å². The molecule has 3 aromatic carbocycles. The number of halogens is 1. The van der Waals surface area contributed by atoms with Gasteiger partial charge in [0.1, 0.15) is 16.6 Å². The van der Waals surface area contributed by atoms with Gasteiger partial charge in [-0.25, -0.2) is 0 Å². The summed E-state index contributed by atoms with van der Waals surface area (Å²) in [5, 5.41) is 45.8. The summed E-state index contributed by atoms with van der Waals surface area (Å²) in [7, 11) is 8.13. The van der Waals surface area contributed by atoms with Gasteiger partial charge in [-0.05, 0) is 353 Å². The Balaban J connectivity index is 0.000000136. The number of amides is 3. The highest BCUT2D eigenvalue weighted by atomic mass is 35.5. The number of nitrogens with zero attached hydrogens (tertiary/aromatic N) is 11. The Hall–Kier alpha value is -4.68. The number of alkyl halides is 1. The number of fused-ring (bicyclic) bond motifs is 6. The molecule has 6 heterocycles. The first-order valence-corrected chi connectivity index (χ1v) is 53.8. The summed E-state index contributed by atoms with van der Waals surface area (Å²) in [4.78, 5) is 68.1. The first-order valence-electron chi connectivity index (χ1n) is 53.3. The molecule has 130 heavy (non-hydrogen) atoms. The summed E-state index contributed by atoms with van der Waals surface area (Å²) in [6, 6.07) is 33.1. The molecule has 17 atom stereocenters. The number of aliphatic hydroxyl groups excluding tert-OH is 4. The second-order valence-corrected chi connectivity index (χ2v) is 46.4. The molecule has 3 aromatic rings. The van der Waals surface area contributed by atoms with E-state index in [0.717, 1.165) is 247 Å². The van der Waals surface area contributed by atoms with Crippen molar-refractivity contribution in [2.45, 2.75) is 344 Å². The minimum atomic E-state index is -0.405. The third-order valence-electron chi connectivity index (χ3n) is 38.4. The van der Waals surface area contributed by atoms with Crippen LogP contribution < -0.4 is 25.3 Å². The second kappa shape index (κ2) is 44.8. The lowest BCUT2D eigenvalue weighted by Crippen LogP contribution is -2.57. The van der Waals surface area contributed by atoms with E-state index in [4.69, 9.17) is 11.6 Å². The molecule has 0 radical (unpaired) electrons. The van der Waals surface area contributed by atoms with Crippen molar-refractivity contribution in [1.82, 2.24) is 49.8 Å². The molecule has 6 N–H and O–H groups in total. The number of aliphatic hydroxyl groups is 4. The second-order valence-electron chi connectivity index (χ2n) is 46.0. The summed E-state index contributed by atoms with van der Waals surface area (Å²) >= 11 is 5.95. The van der Waals surface area contributed by atoms with Crippen molar-refractivity contribution < 1.29 is 34.8 Å². The number of piperidine rings is 3. The molecule has 13 saturated carbocycles. The minimum Gasteiger partial charge on any atom is -0.392 e. The number of benzene rings is 3. The minimum absolute atomic E-state index is 0.0938. The van der Waals surface area contributed by atoms with Crippen LogP contribution in [0.1, 0.15) is 279 Å². The van der Waals surface area contributed by atoms with Crippen molar-refractivity contribution in [3.05, 3.63) is 91.0 Å². The number of likely N-dealkylation sites (N-methyl/N-ethyl adjacent to an activating group) is 4. The van der Waals surface area contributed by atoms with E-state index in [1.807, 2.05) is 19.0 Å². The number of nitrogens with one attached hydrogen (secondary N) is 2. The third-order valence-corrected chi connectivity index (χ3v) is 38.7. The van der Waals surface area contributed by atoms with Crippen molar-refractivity contribution in [3.8, 4) is 0 Å². The zero-order valence-corrected chi connectivity index (χ0v) is 83.4. The fourth-order valence-electron chi connectivity index (χ4n) is 29.2. The molecule has 19 aliphatic rings. The van der Waals surface area contributed by atoms with E-state index in [-0.39, 0.29) is 42.0 Å². The molecule has 20 nitrogen and oxygen atoms in total. The van der Waals surface area contributed by atoms with Gasteiger partial charge in [0.25, 0.3) is 0 Å².